The van der Waals surface area contributed by atoms with Gasteiger partial charge in [0, 0.05) is 43.4 Å². The highest BCUT2D eigenvalue weighted by molar-refractivity contribution is 5.85. The van der Waals surface area contributed by atoms with E-state index in [1.54, 1.807) is 16.9 Å². The quantitative estimate of drug-likeness (QED) is 0.745. The third-order valence-corrected chi connectivity index (χ3v) is 5.46. The van der Waals surface area contributed by atoms with Crippen LogP contribution in [0.5, 0.6) is 0 Å². The van der Waals surface area contributed by atoms with E-state index >= 15 is 0 Å². The molecule has 1 aromatic carbocycles. The van der Waals surface area contributed by atoms with Crippen LogP contribution < -0.4 is 0 Å². The van der Waals surface area contributed by atoms with Gasteiger partial charge in [-0.25, -0.2) is 13.5 Å². The lowest BCUT2D eigenvalue weighted by Crippen LogP contribution is -2.57. The average molecular weight is 431 g/mol. The van der Waals surface area contributed by atoms with E-state index in [9.17, 15) is 31.9 Å². The third-order valence-electron chi connectivity index (χ3n) is 5.46. The molecule has 0 saturated carbocycles. The Morgan fingerprint density at radius 1 is 1.03 bits per heavy atom. The second kappa shape index (κ2) is 7.64. The van der Waals surface area contributed by atoms with Gasteiger partial charge in [0.25, 0.3) is 11.8 Å². The number of amides is 1. The molecular formula is C20H22F5N3O2. The van der Waals surface area contributed by atoms with E-state index in [2.05, 4.69) is 5.10 Å². The summed E-state index contributed by atoms with van der Waals surface area (Å²) in [5, 5.41) is 13.8. The molecule has 2 heterocycles. The largest absolute Gasteiger partial charge is 0.426 e. The molecule has 10 heteroatoms. The summed E-state index contributed by atoms with van der Waals surface area (Å²) in [5.41, 5.74) is -2.18. The highest BCUT2D eigenvalue weighted by Crippen LogP contribution is 2.35. The first-order chi connectivity index (χ1) is 13.8. The third kappa shape index (κ3) is 4.19. The molecule has 2 aromatic rings. The van der Waals surface area contributed by atoms with Crippen molar-refractivity contribution in [1.29, 1.82) is 0 Å². The molecule has 1 N–H and O–H groups in total. The minimum absolute atomic E-state index is 0.0574. The lowest BCUT2D eigenvalue weighted by molar-refractivity contribution is -0.250. The number of aliphatic hydroxyl groups is 1. The molecule has 1 atom stereocenters. The number of hydrogen-bond donors (Lipinski definition) is 1. The lowest BCUT2D eigenvalue weighted by Gasteiger charge is -2.36. The number of carbonyl (C=O) groups excluding carboxylic acids is 1. The van der Waals surface area contributed by atoms with Gasteiger partial charge < -0.3 is 10.0 Å². The number of piperidine rings is 1. The maximum atomic E-state index is 13.4. The molecule has 5 nitrogen and oxygen atoms in total. The van der Waals surface area contributed by atoms with Crippen molar-refractivity contribution in [1.82, 2.24) is 14.7 Å². The van der Waals surface area contributed by atoms with Gasteiger partial charge in [-0.15, -0.1) is 0 Å². The molecule has 1 fully saturated rings. The van der Waals surface area contributed by atoms with Crippen LogP contribution in [0.2, 0.25) is 0 Å². The highest BCUT2D eigenvalue weighted by atomic mass is 19.4. The van der Waals surface area contributed by atoms with Crippen molar-refractivity contribution < 1.29 is 31.9 Å². The minimum atomic E-state index is -5.05. The van der Waals surface area contributed by atoms with Crippen LogP contribution >= 0.6 is 0 Å². The molecular weight excluding hydrogens is 409 g/mol. The van der Waals surface area contributed by atoms with Gasteiger partial charge in [-0.2, -0.15) is 18.3 Å². The van der Waals surface area contributed by atoms with Crippen molar-refractivity contribution in [3.63, 3.8) is 0 Å². The van der Waals surface area contributed by atoms with Gasteiger partial charge in [-0.3, -0.25) is 4.79 Å². The fourth-order valence-corrected chi connectivity index (χ4v) is 3.54. The Kier molecular flexibility index (Phi) is 5.66. The van der Waals surface area contributed by atoms with Crippen molar-refractivity contribution in [3.8, 4) is 5.69 Å². The SMILES string of the molecule is CC(F)(F)c1ccc(-n2nccc2C2CCN(C(=O)[C@@](C)(O)C(F)(F)F)CC2)cc1. The van der Waals surface area contributed by atoms with Gasteiger partial charge in [0.05, 0.1) is 5.69 Å². The Morgan fingerprint density at radius 2 is 1.60 bits per heavy atom. The number of nitrogens with zero attached hydrogens (tertiary/aromatic N) is 3. The highest BCUT2D eigenvalue weighted by Gasteiger charge is 2.57. The maximum Gasteiger partial charge on any atom is 0.426 e. The summed E-state index contributed by atoms with van der Waals surface area (Å²) in [4.78, 5) is 13.2. The Bertz CT molecular complexity index is 892. The summed E-state index contributed by atoms with van der Waals surface area (Å²) in [7, 11) is 0. The summed E-state index contributed by atoms with van der Waals surface area (Å²) >= 11 is 0. The van der Waals surface area contributed by atoms with Crippen molar-refractivity contribution in [2.45, 2.75) is 50.3 Å². The Balaban J connectivity index is 1.72. The van der Waals surface area contributed by atoms with Gasteiger partial charge in [-0.1, -0.05) is 12.1 Å². The zero-order valence-corrected chi connectivity index (χ0v) is 16.5. The fraction of sp³-hybridized carbons (Fsp3) is 0.500. The van der Waals surface area contributed by atoms with Crippen LogP contribution in [-0.4, -0.2) is 50.6 Å². The first-order valence-electron chi connectivity index (χ1n) is 9.43. The van der Waals surface area contributed by atoms with Gasteiger partial charge in [0.15, 0.2) is 0 Å². The Labute approximate surface area is 170 Å². The van der Waals surface area contributed by atoms with Crippen LogP contribution in [0.4, 0.5) is 22.0 Å². The van der Waals surface area contributed by atoms with Crippen molar-refractivity contribution in [2.75, 3.05) is 13.1 Å². The number of aromatic nitrogens is 2. The first kappa shape index (κ1) is 22.2. The van der Waals surface area contributed by atoms with Crippen molar-refractivity contribution in [2.24, 2.45) is 0 Å². The predicted molar refractivity (Wildman–Crippen MR) is 98.4 cm³/mol. The fourth-order valence-electron chi connectivity index (χ4n) is 3.54. The van der Waals surface area contributed by atoms with Gasteiger partial charge in [0.2, 0.25) is 5.60 Å². The average Bonchev–Trinajstić information content (AvgIpc) is 3.16. The van der Waals surface area contributed by atoms with Gasteiger partial charge in [0.1, 0.15) is 0 Å². The minimum Gasteiger partial charge on any atom is -0.373 e. The molecule has 1 aromatic heterocycles. The second-order valence-corrected chi connectivity index (χ2v) is 7.74. The monoisotopic (exact) mass is 431 g/mol. The molecule has 0 radical (unpaired) electrons. The molecule has 1 aliphatic rings. The summed E-state index contributed by atoms with van der Waals surface area (Å²) in [6, 6.07) is 7.46. The molecule has 0 aliphatic carbocycles. The first-order valence-corrected chi connectivity index (χ1v) is 9.43. The van der Waals surface area contributed by atoms with Crippen LogP contribution in [0, 0.1) is 0 Å². The smallest absolute Gasteiger partial charge is 0.373 e. The van der Waals surface area contributed by atoms with E-state index < -0.39 is 23.6 Å². The predicted octanol–water partition coefficient (Wildman–Crippen LogP) is 4.00. The molecule has 0 spiro atoms. The van der Waals surface area contributed by atoms with Gasteiger partial charge in [-0.05, 0) is 38.0 Å². The number of rotatable bonds is 4. The molecule has 1 amide bonds. The van der Waals surface area contributed by atoms with Crippen LogP contribution in [-0.2, 0) is 10.7 Å². The molecule has 0 bridgehead atoms. The van der Waals surface area contributed by atoms with E-state index in [4.69, 9.17) is 0 Å². The summed E-state index contributed by atoms with van der Waals surface area (Å²) in [5.74, 6) is -4.40. The van der Waals surface area contributed by atoms with E-state index in [0.29, 0.717) is 25.5 Å². The van der Waals surface area contributed by atoms with E-state index in [1.807, 2.05) is 0 Å². The Hall–Kier alpha value is -2.49. The molecule has 1 saturated heterocycles. The maximum absolute atomic E-state index is 13.4. The number of alkyl halides is 5. The summed E-state index contributed by atoms with van der Waals surface area (Å²) < 4.78 is 67.2. The van der Waals surface area contributed by atoms with Crippen LogP contribution in [0.15, 0.2) is 36.5 Å². The van der Waals surface area contributed by atoms with E-state index in [-0.39, 0.29) is 24.6 Å². The van der Waals surface area contributed by atoms with E-state index in [0.717, 1.165) is 17.5 Å². The Morgan fingerprint density at radius 3 is 2.10 bits per heavy atom. The topological polar surface area (TPSA) is 58.4 Å². The molecule has 3 rings (SSSR count). The zero-order valence-electron chi connectivity index (χ0n) is 16.5. The summed E-state index contributed by atoms with van der Waals surface area (Å²) in [6.07, 6.45) is -2.72. The standard InChI is InChI=1S/C20H22F5N3O2/c1-18(30,20(23,24)25)17(29)27-11-8-13(9-12-27)16-7-10-26-28(16)15-5-3-14(4-6-15)19(2,21)22/h3-7,10,13,30H,8-9,11-12H2,1-2H3/t18-/m1/s1. The number of halogens is 5. The molecule has 164 valence electrons. The normalized spacial score (nSPS) is 18.3. The molecule has 0 unspecified atom stereocenters. The number of hydrogen-bond acceptors (Lipinski definition) is 3. The van der Waals surface area contributed by atoms with Gasteiger partial charge >= 0.3 is 6.18 Å². The van der Waals surface area contributed by atoms with Crippen molar-refractivity contribution in [3.05, 3.63) is 47.8 Å². The number of benzene rings is 1. The number of likely N-dealkylation sites (tertiary alicyclic amines) is 1. The second-order valence-electron chi connectivity index (χ2n) is 7.74. The van der Waals surface area contributed by atoms with Crippen LogP contribution in [0.3, 0.4) is 0 Å². The number of carbonyl (C=O) groups is 1. The van der Waals surface area contributed by atoms with Crippen LogP contribution in [0.1, 0.15) is 43.9 Å². The van der Waals surface area contributed by atoms with E-state index in [1.165, 1.54) is 24.3 Å². The van der Waals surface area contributed by atoms with Crippen LogP contribution in [0.25, 0.3) is 5.69 Å². The lowest BCUT2D eigenvalue weighted by atomic mass is 9.92. The summed E-state index contributed by atoms with van der Waals surface area (Å²) in [6.45, 7) is 1.39. The van der Waals surface area contributed by atoms with Crippen molar-refractivity contribution >= 4 is 5.91 Å². The molecule has 30 heavy (non-hydrogen) atoms. The zero-order chi connectivity index (χ0) is 22.3. The molecule has 1 aliphatic heterocycles.